The second-order valence-electron chi connectivity index (χ2n) is 5.73. The van der Waals surface area contributed by atoms with E-state index in [0.29, 0.717) is 32.7 Å². The van der Waals surface area contributed by atoms with Gasteiger partial charge in [0.05, 0.1) is 27.0 Å². The van der Waals surface area contributed by atoms with Crippen LogP contribution in [0.2, 0.25) is 10.0 Å². The highest BCUT2D eigenvalue weighted by molar-refractivity contribution is 6.35. The Labute approximate surface area is 163 Å². The Morgan fingerprint density at radius 2 is 2.11 bits per heavy atom. The van der Waals surface area contributed by atoms with E-state index in [-0.39, 0.29) is 18.2 Å². The highest BCUT2D eigenvalue weighted by Crippen LogP contribution is 2.27. The number of imidazole rings is 1. The zero-order chi connectivity index (χ0) is 19.6. The van der Waals surface area contributed by atoms with Crippen LogP contribution in [-0.4, -0.2) is 27.4 Å². The van der Waals surface area contributed by atoms with Crippen LogP contribution in [0.15, 0.2) is 36.4 Å². The lowest BCUT2D eigenvalue weighted by atomic mass is 10.3. The van der Waals surface area contributed by atoms with E-state index >= 15 is 0 Å². The maximum Gasteiger partial charge on any atom is 0.271 e. The van der Waals surface area contributed by atoms with Gasteiger partial charge >= 0.3 is 0 Å². The van der Waals surface area contributed by atoms with E-state index in [1.165, 1.54) is 18.2 Å². The Morgan fingerprint density at radius 1 is 1.33 bits per heavy atom. The van der Waals surface area contributed by atoms with E-state index < -0.39 is 11.0 Å². The second kappa shape index (κ2) is 7.81. The minimum atomic E-state index is -0.482. The largest absolute Gasteiger partial charge is 0.482 e. The number of H-pyrrole nitrogens is 1. The molecular formula is C17H14Cl2N4O4. The first kappa shape index (κ1) is 18.9. The number of fused-ring (bicyclic) bond motifs is 1. The fraction of sp³-hybridized carbons (Fsp3) is 0.176. The van der Waals surface area contributed by atoms with Crippen LogP contribution in [0, 0.1) is 10.1 Å². The molecule has 1 atom stereocenters. The summed E-state index contributed by atoms with van der Waals surface area (Å²) in [5.74, 6) is 0.447. The predicted molar refractivity (Wildman–Crippen MR) is 101 cm³/mol. The minimum absolute atomic E-state index is 0.0392. The lowest BCUT2D eigenvalue weighted by Gasteiger charge is -2.12. The van der Waals surface area contributed by atoms with Crippen molar-refractivity contribution in [3.8, 4) is 5.75 Å². The SMILES string of the molecule is CC(NC(=O)COc1ccc(Cl)cc1Cl)c1nc2ccc([N+](=O)[O-])cc2[nH]1. The summed E-state index contributed by atoms with van der Waals surface area (Å²) in [6.07, 6.45) is 0. The van der Waals surface area contributed by atoms with Gasteiger partial charge < -0.3 is 15.0 Å². The zero-order valence-electron chi connectivity index (χ0n) is 14.0. The molecular weight excluding hydrogens is 395 g/mol. The topological polar surface area (TPSA) is 110 Å². The average molecular weight is 409 g/mol. The Kier molecular flexibility index (Phi) is 5.48. The number of amides is 1. The summed E-state index contributed by atoms with van der Waals surface area (Å²) in [7, 11) is 0. The molecule has 0 saturated heterocycles. The smallest absolute Gasteiger partial charge is 0.271 e. The van der Waals surface area contributed by atoms with Gasteiger partial charge in [-0.1, -0.05) is 23.2 Å². The normalized spacial score (nSPS) is 12.0. The molecule has 0 saturated carbocycles. The molecule has 27 heavy (non-hydrogen) atoms. The predicted octanol–water partition coefficient (Wildman–Crippen LogP) is 4.03. The van der Waals surface area contributed by atoms with Crippen molar-refractivity contribution >= 4 is 45.8 Å². The fourth-order valence-corrected chi connectivity index (χ4v) is 2.89. The quantitative estimate of drug-likeness (QED) is 0.472. The van der Waals surface area contributed by atoms with Crippen molar-refractivity contribution in [2.45, 2.75) is 13.0 Å². The number of nitrogens with one attached hydrogen (secondary N) is 2. The van der Waals surface area contributed by atoms with Gasteiger partial charge in [0.25, 0.3) is 11.6 Å². The monoisotopic (exact) mass is 408 g/mol. The molecule has 0 aliphatic heterocycles. The first-order chi connectivity index (χ1) is 12.8. The molecule has 3 aromatic rings. The van der Waals surface area contributed by atoms with Crippen LogP contribution in [0.25, 0.3) is 11.0 Å². The van der Waals surface area contributed by atoms with Gasteiger partial charge in [-0.05, 0) is 31.2 Å². The summed E-state index contributed by atoms with van der Waals surface area (Å²) in [6.45, 7) is 1.50. The molecule has 10 heteroatoms. The number of nitrogens with zero attached hydrogens (tertiary/aromatic N) is 2. The van der Waals surface area contributed by atoms with Crippen LogP contribution < -0.4 is 10.1 Å². The molecule has 2 aromatic carbocycles. The highest BCUT2D eigenvalue weighted by Gasteiger charge is 2.16. The Morgan fingerprint density at radius 3 is 2.81 bits per heavy atom. The number of carbonyl (C=O) groups excluding carboxylic acids is 1. The third-order valence-corrected chi connectivity index (χ3v) is 4.27. The van der Waals surface area contributed by atoms with Crippen LogP contribution in [-0.2, 0) is 4.79 Å². The van der Waals surface area contributed by atoms with E-state index in [0.717, 1.165) is 0 Å². The van der Waals surface area contributed by atoms with Crippen molar-refractivity contribution in [3.05, 3.63) is 62.4 Å². The van der Waals surface area contributed by atoms with Crippen LogP contribution in [0.3, 0.4) is 0 Å². The summed E-state index contributed by atoms with van der Waals surface area (Å²) < 4.78 is 5.38. The molecule has 140 valence electrons. The molecule has 0 bridgehead atoms. The van der Waals surface area contributed by atoms with Crippen molar-refractivity contribution < 1.29 is 14.5 Å². The van der Waals surface area contributed by atoms with E-state index in [2.05, 4.69) is 15.3 Å². The number of nitro groups is 1. The maximum atomic E-state index is 12.1. The zero-order valence-corrected chi connectivity index (χ0v) is 15.5. The number of carbonyl (C=O) groups is 1. The van der Waals surface area contributed by atoms with Crippen LogP contribution in [0.1, 0.15) is 18.8 Å². The number of aromatic nitrogens is 2. The molecule has 1 amide bonds. The van der Waals surface area contributed by atoms with Gasteiger partial charge in [-0.2, -0.15) is 0 Å². The number of non-ortho nitro benzene ring substituents is 1. The number of rotatable bonds is 6. The molecule has 0 aliphatic carbocycles. The molecule has 3 rings (SSSR count). The maximum absolute atomic E-state index is 12.1. The van der Waals surface area contributed by atoms with Crippen LogP contribution in [0.5, 0.6) is 5.75 Å². The van der Waals surface area contributed by atoms with Gasteiger partial charge in [-0.3, -0.25) is 14.9 Å². The number of hydrogen-bond acceptors (Lipinski definition) is 5. The molecule has 0 aliphatic rings. The molecule has 0 radical (unpaired) electrons. The van der Waals surface area contributed by atoms with E-state index in [1.54, 1.807) is 25.1 Å². The van der Waals surface area contributed by atoms with E-state index in [4.69, 9.17) is 27.9 Å². The fourth-order valence-electron chi connectivity index (χ4n) is 2.42. The molecule has 8 nitrogen and oxygen atoms in total. The van der Waals surface area contributed by atoms with Crippen molar-refractivity contribution in [2.24, 2.45) is 0 Å². The van der Waals surface area contributed by atoms with Crippen molar-refractivity contribution in [1.82, 2.24) is 15.3 Å². The number of nitro benzene ring substituents is 1. The third-order valence-electron chi connectivity index (χ3n) is 3.73. The Balaban J connectivity index is 1.63. The summed E-state index contributed by atoms with van der Waals surface area (Å²) >= 11 is 11.8. The standard InChI is InChI=1S/C17H14Cl2N4O4/c1-9(17-21-13-4-3-11(23(25)26)7-14(13)22-17)20-16(24)8-27-15-5-2-10(18)6-12(15)19/h2-7,9H,8H2,1H3,(H,20,24)(H,21,22). The molecule has 0 spiro atoms. The third kappa shape index (κ3) is 4.47. The lowest BCUT2D eigenvalue weighted by Crippen LogP contribution is -2.31. The van der Waals surface area contributed by atoms with E-state index in [1.807, 2.05) is 0 Å². The number of hydrogen-bond donors (Lipinski definition) is 2. The summed E-state index contributed by atoms with van der Waals surface area (Å²) in [5.41, 5.74) is 1.05. The second-order valence-corrected chi connectivity index (χ2v) is 6.58. The van der Waals surface area contributed by atoms with Gasteiger partial charge in [-0.25, -0.2) is 4.98 Å². The van der Waals surface area contributed by atoms with Crippen LogP contribution in [0.4, 0.5) is 5.69 Å². The minimum Gasteiger partial charge on any atom is -0.482 e. The number of aromatic amines is 1. The van der Waals surface area contributed by atoms with Crippen molar-refractivity contribution in [2.75, 3.05) is 6.61 Å². The summed E-state index contributed by atoms with van der Waals surface area (Å²) in [6, 6.07) is 8.57. The van der Waals surface area contributed by atoms with Gasteiger partial charge in [0.15, 0.2) is 6.61 Å². The molecule has 2 N–H and O–H groups in total. The molecule has 1 aromatic heterocycles. The first-order valence-corrected chi connectivity index (χ1v) is 8.60. The van der Waals surface area contributed by atoms with Gasteiger partial charge in [0.2, 0.25) is 0 Å². The van der Waals surface area contributed by atoms with Gasteiger partial charge in [0.1, 0.15) is 11.6 Å². The highest BCUT2D eigenvalue weighted by atomic mass is 35.5. The number of ether oxygens (including phenoxy) is 1. The number of halogens is 2. The van der Waals surface area contributed by atoms with Crippen molar-refractivity contribution in [1.29, 1.82) is 0 Å². The van der Waals surface area contributed by atoms with Gasteiger partial charge in [-0.15, -0.1) is 0 Å². The Bertz CT molecular complexity index is 1020. The molecule has 0 fully saturated rings. The Hall–Kier alpha value is -2.84. The number of benzene rings is 2. The van der Waals surface area contributed by atoms with Crippen LogP contribution >= 0.6 is 23.2 Å². The van der Waals surface area contributed by atoms with Gasteiger partial charge in [0, 0.05) is 17.2 Å². The molecule has 1 heterocycles. The lowest BCUT2D eigenvalue weighted by molar-refractivity contribution is -0.384. The first-order valence-electron chi connectivity index (χ1n) is 7.85. The summed E-state index contributed by atoms with van der Waals surface area (Å²) in [4.78, 5) is 29.8. The summed E-state index contributed by atoms with van der Waals surface area (Å²) in [5, 5.41) is 14.4. The van der Waals surface area contributed by atoms with E-state index in [9.17, 15) is 14.9 Å². The average Bonchev–Trinajstić information content (AvgIpc) is 3.04. The van der Waals surface area contributed by atoms with Crippen molar-refractivity contribution in [3.63, 3.8) is 0 Å². The molecule has 1 unspecified atom stereocenters.